The lowest BCUT2D eigenvalue weighted by Crippen LogP contribution is -2.60. The minimum Gasteiger partial charge on any atom is -0.507 e. The van der Waals surface area contributed by atoms with E-state index in [4.69, 9.17) is 4.74 Å². The van der Waals surface area contributed by atoms with Crippen molar-refractivity contribution in [3.05, 3.63) is 29.3 Å². The third-order valence-electron chi connectivity index (χ3n) is 6.26. The molecule has 8 heteroatoms. The average molecular weight is 520 g/mol. The lowest BCUT2D eigenvalue weighted by atomic mass is 9.91. The van der Waals surface area contributed by atoms with Gasteiger partial charge in [0, 0.05) is 17.6 Å². The highest BCUT2D eigenvalue weighted by Gasteiger charge is 2.44. The van der Waals surface area contributed by atoms with Gasteiger partial charge in [-0.15, -0.1) is 0 Å². The van der Waals surface area contributed by atoms with Gasteiger partial charge in [0.2, 0.25) is 11.8 Å². The Labute approximate surface area is 223 Å². The summed E-state index contributed by atoms with van der Waals surface area (Å²) in [7, 11) is 0. The van der Waals surface area contributed by atoms with Crippen LogP contribution in [0.5, 0.6) is 5.75 Å². The zero-order chi connectivity index (χ0) is 28.6. The predicted molar refractivity (Wildman–Crippen MR) is 147 cm³/mol. The molecule has 0 spiro atoms. The molecule has 3 amide bonds. The number of rotatable bonds is 11. The highest BCUT2D eigenvalue weighted by molar-refractivity contribution is 5.93. The number of nitrogens with one attached hydrogen (secondary N) is 2. The summed E-state index contributed by atoms with van der Waals surface area (Å²) < 4.78 is 5.44. The number of ether oxygens (including phenoxy) is 1. The summed E-state index contributed by atoms with van der Waals surface area (Å²) in [5, 5.41) is 16.7. The Bertz CT molecular complexity index is 917. The lowest BCUT2D eigenvalue weighted by molar-refractivity contribution is -0.149. The fourth-order valence-corrected chi connectivity index (χ4v) is 4.10. The number of aryl methyl sites for hydroxylation is 1. The van der Waals surface area contributed by atoms with Crippen molar-refractivity contribution in [3.8, 4) is 5.75 Å². The molecule has 0 saturated carbocycles. The van der Waals surface area contributed by atoms with Crippen LogP contribution in [0.3, 0.4) is 0 Å². The maximum absolute atomic E-state index is 14.3. The van der Waals surface area contributed by atoms with Crippen LogP contribution in [-0.2, 0) is 14.3 Å². The van der Waals surface area contributed by atoms with Gasteiger partial charge in [0.05, 0.1) is 0 Å². The molecule has 0 radical (unpaired) electrons. The summed E-state index contributed by atoms with van der Waals surface area (Å²) in [6.07, 6.45) is 2.72. The van der Waals surface area contributed by atoms with Gasteiger partial charge in [0.1, 0.15) is 23.4 Å². The van der Waals surface area contributed by atoms with Gasteiger partial charge < -0.3 is 25.4 Å². The Morgan fingerprint density at radius 1 is 1.05 bits per heavy atom. The van der Waals surface area contributed by atoms with E-state index in [-0.39, 0.29) is 17.6 Å². The molecule has 37 heavy (non-hydrogen) atoms. The van der Waals surface area contributed by atoms with Crippen LogP contribution in [0.2, 0.25) is 0 Å². The van der Waals surface area contributed by atoms with E-state index in [0.717, 1.165) is 19.3 Å². The Hall–Kier alpha value is -2.77. The molecule has 0 aliphatic rings. The van der Waals surface area contributed by atoms with Gasteiger partial charge >= 0.3 is 6.09 Å². The standard InChI is InChI=1S/C29H49N3O5/c1-11-13-14-18-30-25(34)23(21-17-15-16-20(4)24(21)33)32(28(5,6)7)26(35)22(19(3)12-2)31-27(36)37-29(8,9)10/h15-17,19,22-23,33H,11-14,18H2,1-10H3,(H,30,34)(H,31,36). The number of carbonyl (C=O) groups is 3. The molecule has 1 aromatic carbocycles. The Morgan fingerprint density at radius 2 is 1.68 bits per heavy atom. The molecule has 0 fully saturated rings. The molecular weight excluding hydrogens is 470 g/mol. The summed E-state index contributed by atoms with van der Waals surface area (Å²) in [6.45, 7) is 18.9. The second-order valence-electron chi connectivity index (χ2n) is 11.8. The second kappa shape index (κ2) is 13.7. The van der Waals surface area contributed by atoms with Crippen molar-refractivity contribution in [2.24, 2.45) is 5.92 Å². The minimum absolute atomic E-state index is 0.0292. The van der Waals surface area contributed by atoms with Crippen molar-refractivity contribution < 1.29 is 24.2 Å². The van der Waals surface area contributed by atoms with Gasteiger partial charge in [0.15, 0.2) is 0 Å². The smallest absolute Gasteiger partial charge is 0.408 e. The summed E-state index contributed by atoms with van der Waals surface area (Å²) in [5.74, 6) is -1.05. The van der Waals surface area contributed by atoms with Crippen molar-refractivity contribution in [2.75, 3.05) is 6.54 Å². The summed E-state index contributed by atoms with van der Waals surface area (Å²) in [5.41, 5.74) is -0.602. The SMILES string of the molecule is CCCCCNC(=O)C(c1cccc(C)c1O)N(C(=O)C(NC(=O)OC(C)(C)C)C(C)CC)C(C)(C)C. The number of hydrogen-bond donors (Lipinski definition) is 3. The van der Waals surface area contributed by atoms with Crippen molar-refractivity contribution >= 4 is 17.9 Å². The van der Waals surface area contributed by atoms with Gasteiger partial charge in [-0.25, -0.2) is 4.79 Å². The van der Waals surface area contributed by atoms with Crippen LogP contribution >= 0.6 is 0 Å². The van der Waals surface area contributed by atoms with E-state index in [2.05, 4.69) is 17.6 Å². The van der Waals surface area contributed by atoms with Crippen molar-refractivity contribution in [2.45, 2.75) is 118 Å². The molecule has 210 valence electrons. The number of nitrogens with zero attached hydrogens (tertiary/aromatic N) is 1. The molecule has 1 aromatic rings. The first-order valence-electron chi connectivity index (χ1n) is 13.4. The van der Waals surface area contributed by atoms with E-state index in [9.17, 15) is 19.5 Å². The second-order valence-corrected chi connectivity index (χ2v) is 11.8. The summed E-state index contributed by atoms with van der Waals surface area (Å²) in [6, 6.07) is 3.16. The van der Waals surface area contributed by atoms with Crippen LogP contribution < -0.4 is 10.6 Å². The molecule has 0 bridgehead atoms. The van der Waals surface area contributed by atoms with E-state index < -0.39 is 35.2 Å². The number of alkyl carbamates (subject to hydrolysis) is 1. The van der Waals surface area contributed by atoms with Gasteiger partial charge in [-0.05, 0) is 66.4 Å². The van der Waals surface area contributed by atoms with E-state index in [1.54, 1.807) is 45.9 Å². The van der Waals surface area contributed by atoms with E-state index in [1.165, 1.54) is 4.90 Å². The zero-order valence-corrected chi connectivity index (χ0v) is 24.5. The van der Waals surface area contributed by atoms with Gasteiger partial charge in [-0.1, -0.05) is 58.2 Å². The summed E-state index contributed by atoms with van der Waals surface area (Å²) >= 11 is 0. The Balaban J connectivity index is 3.61. The molecule has 0 saturated heterocycles. The van der Waals surface area contributed by atoms with Gasteiger partial charge in [-0.2, -0.15) is 0 Å². The van der Waals surface area contributed by atoms with E-state index in [1.807, 2.05) is 34.6 Å². The lowest BCUT2D eigenvalue weighted by Gasteiger charge is -2.44. The highest BCUT2D eigenvalue weighted by atomic mass is 16.6. The zero-order valence-electron chi connectivity index (χ0n) is 24.5. The quantitative estimate of drug-likeness (QED) is 0.329. The molecule has 0 aliphatic heterocycles. The van der Waals surface area contributed by atoms with Crippen molar-refractivity contribution in [1.82, 2.24) is 15.5 Å². The summed E-state index contributed by atoms with van der Waals surface area (Å²) in [4.78, 5) is 42.2. The van der Waals surface area contributed by atoms with Crippen LogP contribution in [0.15, 0.2) is 18.2 Å². The molecule has 3 N–H and O–H groups in total. The number of phenols is 1. The van der Waals surface area contributed by atoms with Crippen molar-refractivity contribution in [3.63, 3.8) is 0 Å². The first kappa shape index (κ1) is 32.3. The van der Waals surface area contributed by atoms with Crippen LogP contribution in [0.1, 0.15) is 105 Å². The number of carbonyl (C=O) groups excluding carboxylic acids is 3. The van der Waals surface area contributed by atoms with Crippen LogP contribution in [0, 0.1) is 12.8 Å². The van der Waals surface area contributed by atoms with Gasteiger partial charge in [-0.3, -0.25) is 9.59 Å². The average Bonchev–Trinajstić information content (AvgIpc) is 2.77. The van der Waals surface area contributed by atoms with Crippen LogP contribution in [0.25, 0.3) is 0 Å². The largest absolute Gasteiger partial charge is 0.507 e. The monoisotopic (exact) mass is 519 g/mol. The maximum Gasteiger partial charge on any atom is 0.408 e. The first-order valence-corrected chi connectivity index (χ1v) is 13.4. The molecule has 1 rings (SSSR count). The predicted octanol–water partition coefficient (Wildman–Crippen LogP) is 5.61. The number of hydrogen-bond acceptors (Lipinski definition) is 5. The van der Waals surface area contributed by atoms with Crippen molar-refractivity contribution in [1.29, 1.82) is 0 Å². The molecule has 8 nitrogen and oxygen atoms in total. The number of benzene rings is 1. The third-order valence-corrected chi connectivity index (χ3v) is 6.26. The number of aromatic hydroxyl groups is 1. The molecule has 0 aromatic heterocycles. The normalized spacial score (nSPS) is 14.3. The first-order chi connectivity index (χ1) is 17.0. The molecule has 3 atom stereocenters. The number of amides is 3. The molecule has 0 heterocycles. The molecular formula is C29H49N3O5. The van der Waals surface area contributed by atoms with Crippen LogP contribution in [-0.4, -0.2) is 51.6 Å². The molecule has 3 unspecified atom stereocenters. The number of para-hydroxylation sites is 1. The minimum atomic E-state index is -1.10. The van der Waals surface area contributed by atoms with Crippen LogP contribution in [0.4, 0.5) is 4.79 Å². The molecule has 0 aliphatic carbocycles. The fraction of sp³-hybridized carbons (Fsp3) is 0.690. The number of phenolic OH excluding ortho intramolecular Hbond substituents is 1. The Morgan fingerprint density at radius 3 is 2.19 bits per heavy atom. The third kappa shape index (κ3) is 9.56. The van der Waals surface area contributed by atoms with E-state index >= 15 is 0 Å². The maximum atomic E-state index is 14.3. The van der Waals surface area contributed by atoms with Gasteiger partial charge in [0.25, 0.3) is 0 Å². The number of unbranched alkanes of at least 4 members (excludes halogenated alkanes) is 2. The Kier molecular flexibility index (Phi) is 11.9. The highest BCUT2D eigenvalue weighted by Crippen LogP contribution is 2.36. The van der Waals surface area contributed by atoms with E-state index in [0.29, 0.717) is 24.1 Å². The fourth-order valence-electron chi connectivity index (χ4n) is 4.10. The topological polar surface area (TPSA) is 108 Å².